The molecule has 0 saturated carbocycles. The van der Waals surface area contributed by atoms with Crippen molar-refractivity contribution in [2.75, 3.05) is 25.1 Å². The van der Waals surface area contributed by atoms with Gasteiger partial charge in [0.15, 0.2) is 0 Å². The van der Waals surface area contributed by atoms with Crippen LogP contribution in [0.25, 0.3) is 0 Å². The number of nitrogens with zero attached hydrogens (tertiary/aromatic N) is 1. The van der Waals surface area contributed by atoms with Gasteiger partial charge in [0.25, 0.3) is 5.91 Å². The molecule has 1 saturated heterocycles. The predicted octanol–water partition coefficient (Wildman–Crippen LogP) is 1.86. The van der Waals surface area contributed by atoms with Crippen molar-refractivity contribution >= 4 is 29.5 Å². The van der Waals surface area contributed by atoms with Crippen molar-refractivity contribution < 1.29 is 19.5 Å². The molecule has 0 spiro atoms. The van der Waals surface area contributed by atoms with Gasteiger partial charge in [0.05, 0.1) is 5.92 Å². The van der Waals surface area contributed by atoms with Crippen molar-refractivity contribution in [1.29, 1.82) is 0 Å². The highest BCUT2D eigenvalue weighted by molar-refractivity contribution is 7.98. The summed E-state index contributed by atoms with van der Waals surface area (Å²) in [6.45, 7) is 0.755. The number of aliphatic carboxylic acids is 1. The van der Waals surface area contributed by atoms with Gasteiger partial charge in [-0.3, -0.25) is 14.4 Å². The number of hydrogen-bond donors (Lipinski definition) is 2. The molecule has 2 atom stereocenters. The number of likely N-dealkylation sites (tertiary alicyclic amines) is 1. The summed E-state index contributed by atoms with van der Waals surface area (Å²) in [5, 5.41) is 12.0. The number of carbonyl (C=O) groups is 3. The number of nitrogens with one attached hydrogen (secondary N) is 1. The molecule has 1 aliphatic heterocycles. The summed E-state index contributed by atoms with van der Waals surface area (Å²) in [4.78, 5) is 38.0. The van der Waals surface area contributed by atoms with Crippen LogP contribution in [0.1, 0.15) is 29.6 Å². The summed E-state index contributed by atoms with van der Waals surface area (Å²) in [7, 11) is 0. The maximum absolute atomic E-state index is 12.8. The Morgan fingerprint density at radius 3 is 2.68 bits per heavy atom. The molecular formula is C18H24N2O4S. The molecule has 1 aliphatic rings. The van der Waals surface area contributed by atoms with Gasteiger partial charge in [0.1, 0.15) is 6.04 Å². The van der Waals surface area contributed by atoms with Crippen LogP contribution in [-0.2, 0) is 9.59 Å². The molecule has 6 nitrogen and oxygen atoms in total. The second-order valence-corrected chi connectivity index (χ2v) is 7.12. The van der Waals surface area contributed by atoms with Crippen molar-refractivity contribution in [3.63, 3.8) is 0 Å². The lowest BCUT2D eigenvalue weighted by atomic mass is 9.97. The Hall–Kier alpha value is -2.02. The number of hydrogen-bond acceptors (Lipinski definition) is 4. The number of rotatable bonds is 7. The van der Waals surface area contributed by atoms with Gasteiger partial charge in [-0.15, -0.1) is 0 Å². The number of piperidine rings is 1. The fourth-order valence-corrected chi connectivity index (χ4v) is 3.39. The summed E-state index contributed by atoms with van der Waals surface area (Å²) < 4.78 is 0. The monoisotopic (exact) mass is 364 g/mol. The summed E-state index contributed by atoms with van der Waals surface area (Å²) in [5.74, 6) is -1.13. The molecule has 0 bridgehead atoms. The van der Waals surface area contributed by atoms with Crippen LogP contribution in [0.2, 0.25) is 0 Å². The molecule has 136 valence electrons. The SMILES string of the molecule is CSCCC(NC(=O)c1ccccc1)C(=O)N1CCC[C@H](C(=O)O)C1. The van der Waals surface area contributed by atoms with E-state index in [1.54, 1.807) is 40.9 Å². The van der Waals surface area contributed by atoms with Crippen molar-refractivity contribution in [2.45, 2.75) is 25.3 Å². The van der Waals surface area contributed by atoms with Crippen molar-refractivity contribution in [3.8, 4) is 0 Å². The number of amides is 2. The Bertz CT molecular complexity index is 608. The fourth-order valence-electron chi connectivity index (χ4n) is 2.92. The van der Waals surface area contributed by atoms with Gasteiger partial charge in [-0.05, 0) is 43.4 Å². The second-order valence-electron chi connectivity index (χ2n) is 6.14. The van der Waals surface area contributed by atoms with Crippen LogP contribution in [0.3, 0.4) is 0 Å². The van der Waals surface area contributed by atoms with Gasteiger partial charge in [-0.1, -0.05) is 18.2 Å². The Morgan fingerprint density at radius 2 is 2.04 bits per heavy atom. The maximum Gasteiger partial charge on any atom is 0.308 e. The van der Waals surface area contributed by atoms with E-state index in [4.69, 9.17) is 0 Å². The molecule has 1 fully saturated rings. The highest BCUT2D eigenvalue weighted by Crippen LogP contribution is 2.18. The molecule has 7 heteroatoms. The minimum absolute atomic E-state index is 0.190. The van der Waals surface area contributed by atoms with E-state index in [-0.39, 0.29) is 18.4 Å². The third-order valence-corrected chi connectivity index (χ3v) is 4.98. The third kappa shape index (κ3) is 5.49. The first-order valence-corrected chi connectivity index (χ1v) is 9.78. The van der Waals surface area contributed by atoms with E-state index in [0.717, 1.165) is 5.75 Å². The molecule has 0 aromatic heterocycles. The minimum Gasteiger partial charge on any atom is -0.481 e. The lowest BCUT2D eigenvalue weighted by molar-refractivity contribution is -0.146. The topological polar surface area (TPSA) is 86.7 Å². The summed E-state index contributed by atoms with van der Waals surface area (Å²) >= 11 is 1.61. The van der Waals surface area contributed by atoms with E-state index in [9.17, 15) is 19.5 Å². The van der Waals surface area contributed by atoms with Crippen LogP contribution in [-0.4, -0.2) is 58.9 Å². The van der Waals surface area contributed by atoms with Gasteiger partial charge in [0.2, 0.25) is 5.91 Å². The summed E-state index contributed by atoms with van der Waals surface area (Å²) in [6.07, 6.45) is 3.73. The van der Waals surface area contributed by atoms with Crippen LogP contribution >= 0.6 is 11.8 Å². The number of thioether (sulfide) groups is 1. The lowest BCUT2D eigenvalue weighted by Gasteiger charge is -2.33. The van der Waals surface area contributed by atoms with Crippen LogP contribution in [0, 0.1) is 5.92 Å². The first kappa shape index (κ1) is 19.3. The summed E-state index contributed by atoms with van der Waals surface area (Å²) in [6, 6.07) is 8.14. The molecule has 1 aromatic carbocycles. The molecule has 2 rings (SSSR count). The van der Waals surface area contributed by atoms with Gasteiger partial charge in [-0.2, -0.15) is 11.8 Å². The molecule has 0 radical (unpaired) electrons. The Morgan fingerprint density at radius 1 is 1.32 bits per heavy atom. The van der Waals surface area contributed by atoms with Gasteiger partial charge < -0.3 is 15.3 Å². The molecule has 25 heavy (non-hydrogen) atoms. The van der Waals surface area contributed by atoms with E-state index < -0.39 is 17.9 Å². The van der Waals surface area contributed by atoms with Crippen LogP contribution in [0.4, 0.5) is 0 Å². The average Bonchev–Trinajstić information content (AvgIpc) is 2.65. The quantitative estimate of drug-likeness (QED) is 0.771. The van der Waals surface area contributed by atoms with E-state index in [1.807, 2.05) is 12.3 Å². The Balaban J connectivity index is 2.06. The Kier molecular flexibility index (Phi) is 7.31. The van der Waals surface area contributed by atoms with Gasteiger partial charge in [0, 0.05) is 18.7 Å². The van der Waals surface area contributed by atoms with Crippen LogP contribution in [0.15, 0.2) is 30.3 Å². The molecule has 0 aliphatic carbocycles. The van der Waals surface area contributed by atoms with E-state index >= 15 is 0 Å². The summed E-state index contributed by atoms with van der Waals surface area (Å²) in [5.41, 5.74) is 0.506. The number of carbonyl (C=O) groups excluding carboxylic acids is 2. The maximum atomic E-state index is 12.8. The molecule has 1 aromatic rings. The molecule has 2 amide bonds. The standard InChI is InChI=1S/C18H24N2O4S/c1-25-11-9-15(19-16(21)13-6-3-2-4-7-13)17(22)20-10-5-8-14(12-20)18(23)24/h2-4,6-7,14-15H,5,8-12H2,1H3,(H,19,21)(H,23,24)/t14-,15?/m0/s1. The predicted molar refractivity (Wildman–Crippen MR) is 97.6 cm³/mol. The highest BCUT2D eigenvalue weighted by Gasteiger charge is 2.32. The fraction of sp³-hybridized carbons (Fsp3) is 0.500. The second kappa shape index (κ2) is 9.46. The van der Waals surface area contributed by atoms with E-state index in [2.05, 4.69) is 5.32 Å². The molecule has 1 unspecified atom stereocenters. The number of benzene rings is 1. The molecule has 1 heterocycles. The Labute approximate surface area is 152 Å². The van der Waals surface area contributed by atoms with Crippen LogP contribution in [0.5, 0.6) is 0 Å². The highest BCUT2D eigenvalue weighted by atomic mass is 32.2. The number of carboxylic acids is 1. The van der Waals surface area contributed by atoms with Crippen molar-refractivity contribution in [2.24, 2.45) is 5.92 Å². The van der Waals surface area contributed by atoms with Crippen molar-refractivity contribution in [3.05, 3.63) is 35.9 Å². The first-order valence-electron chi connectivity index (χ1n) is 8.39. The first-order chi connectivity index (χ1) is 12.0. The third-order valence-electron chi connectivity index (χ3n) is 4.33. The van der Waals surface area contributed by atoms with Gasteiger partial charge in [-0.25, -0.2) is 0 Å². The lowest BCUT2D eigenvalue weighted by Crippen LogP contribution is -2.52. The average molecular weight is 364 g/mol. The largest absolute Gasteiger partial charge is 0.481 e. The molecule has 2 N–H and O–H groups in total. The zero-order valence-corrected chi connectivity index (χ0v) is 15.1. The smallest absolute Gasteiger partial charge is 0.308 e. The zero-order valence-electron chi connectivity index (χ0n) is 14.3. The van der Waals surface area contributed by atoms with E-state index in [1.165, 1.54) is 0 Å². The number of carboxylic acid groups (broad SMARTS) is 1. The van der Waals surface area contributed by atoms with Crippen LogP contribution < -0.4 is 5.32 Å². The molecular weight excluding hydrogens is 340 g/mol. The normalized spacial score (nSPS) is 18.4. The minimum atomic E-state index is -0.869. The zero-order chi connectivity index (χ0) is 18.2. The van der Waals surface area contributed by atoms with Gasteiger partial charge >= 0.3 is 5.97 Å². The van der Waals surface area contributed by atoms with Crippen molar-refractivity contribution in [1.82, 2.24) is 10.2 Å². The van der Waals surface area contributed by atoms with E-state index in [0.29, 0.717) is 31.4 Å².